The number of anilines is 1. The Morgan fingerprint density at radius 2 is 1.85 bits per heavy atom. The zero-order chi connectivity index (χ0) is 19.5. The second kappa shape index (κ2) is 7.59. The van der Waals surface area contributed by atoms with Gasteiger partial charge in [-0.1, -0.05) is 12.1 Å². The van der Waals surface area contributed by atoms with Crippen molar-refractivity contribution in [2.75, 3.05) is 12.4 Å². The number of sulfonamides is 1. The number of nitrogens with zero attached hydrogens (tertiary/aromatic N) is 1. The SMILES string of the molecule is COc1cccc(C2(C#N)CCC(Nc3ccc(S(N)(=O)=O)cc3)CC2)c1. The van der Waals surface area contributed by atoms with Gasteiger partial charge < -0.3 is 10.1 Å². The number of hydrogen-bond donors (Lipinski definition) is 2. The largest absolute Gasteiger partial charge is 0.497 e. The maximum Gasteiger partial charge on any atom is 0.238 e. The summed E-state index contributed by atoms with van der Waals surface area (Å²) in [5.74, 6) is 0.761. The molecule has 1 saturated carbocycles. The molecule has 0 saturated heterocycles. The van der Waals surface area contributed by atoms with Gasteiger partial charge >= 0.3 is 0 Å². The first-order valence-corrected chi connectivity index (χ1v) is 10.4. The summed E-state index contributed by atoms with van der Waals surface area (Å²) in [4.78, 5) is 0.0956. The number of methoxy groups -OCH3 is 1. The van der Waals surface area contributed by atoms with Gasteiger partial charge in [-0.15, -0.1) is 0 Å². The van der Waals surface area contributed by atoms with E-state index in [1.807, 2.05) is 24.3 Å². The van der Waals surface area contributed by atoms with Crippen molar-refractivity contribution >= 4 is 15.7 Å². The lowest BCUT2D eigenvalue weighted by molar-refractivity contribution is 0.342. The van der Waals surface area contributed by atoms with Crippen LogP contribution < -0.4 is 15.2 Å². The Morgan fingerprint density at radius 3 is 2.41 bits per heavy atom. The van der Waals surface area contributed by atoms with Crippen LogP contribution in [0.15, 0.2) is 53.4 Å². The summed E-state index contributed by atoms with van der Waals surface area (Å²) >= 11 is 0. The van der Waals surface area contributed by atoms with Gasteiger partial charge in [0.1, 0.15) is 5.75 Å². The van der Waals surface area contributed by atoms with Crippen molar-refractivity contribution < 1.29 is 13.2 Å². The molecule has 6 nitrogen and oxygen atoms in total. The Kier molecular flexibility index (Phi) is 5.40. The highest BCUT2D eigenvalue weighted by molar-refractivity contribution is 7.89. The minimum absolute atomic E-state index is 0.0956. The third-order valence-corrected chi connectivity index (χ3v) is 6.16. The van der Waals surface area contributed by atoms with Gasteiger partial charge in [-0.2, -0.15) is 5.26 Å². The van der Waals surface area contributed by atoms with E-state index < -0.39 is 15.4 Å². The molecule has 0 radical (unpaired) electrons. The standard InChI is InChI=1S/C20H23N3O3S/c1-26-18-4-2-3-15(13-18)20(14-21)11-9-17(10-12-20)23-16-5-7-19(8-6-16)27(22,24)25/h2-8,13,17,23H,9-12H2,1H3,(H2,22,24,25). The van der Waals surface area contributed by atoms with Gasteiger partial charge in [0.05, 0.1) is 23.5 Å². The first-order valence-electron chi connectivity index (χ1n) is 8.81. The Morgan fingerprint density at radius 1 is 1.19 bits per heavy atom. The normalized spacial score (nSPS) is 22.6. The monoisotopic (exact) mass is 385 g/mol. The van der Waals surface area contributed by atoms with Crippen LogP contribution in [0.2, 0.25) is 0 Å². The molecule has 0 aromatic heterocycles. The Hall–Kier alpha value is -2.56. The molecule has 0 aliphatic heterocycles. The van der Waals surface area contributed by atoms with Crippen LogP contribution in [-0.4, -0.2) is 21.6 Å². The number of nitrogens with one attached hydrogen (secondary N) is 1. The number of primary sulfonamides is 1. The first kappa shape index (κ1) is 19.2. The predicted molar refractivity (Wildman–Crippen MR) is 104 cm³/mol. The van der Waals surface area contributed by atoms with Crippen LogP contribution in [0.3, 0.4) is 0 Å². The minimum atomic E-state index is -3.68. The summed E-state index contributed by atoms with van der Waals surface area (Å²) in [6.45, 7) is 0. The molecule has 27 heavy (non-hydrogen) atoms. The number of nitrogens with two attached hydrogens (primary N) is 1. The van der Waals surface area contributed by atoms with E-state index in [4.69, 9.17) is 9.88 Å². The quantitative estimate of drug-likeness (QED) is 0.822. The average Bonchev–Trinajstić information content (AvgIpc) is 2.68. The highest BCUT2D eigenvalue weighted by atomic mass is 32.2. The third kappa shape index (κ3) is 4.24. The lowest BCUT2D eigenvalue weighted by Crippen LogP contribution is -2.35. The molecule has 1 fully saturated rings. The zero-order valence-electron chi connectivity index (χ0n) is 15.2. The molecule has 2 aromatic rings. The lowest BCUT2D eigenvalue weighted by Gasteiger charge is -2.36. The Bertz CT molecular complexity index is 941. The average molecular weight is 385 g/mol. The summed E-state index contributed by atoms with van der Waals surface area (Å²) < 4.78 is 28.0. The maximum atomic E-state index is 11.3. The maximum absolute atomic E-state index is 11.3. The molecule has 0 spiro atoms. The summed E-state index contributed by atoms with van der Waals surface area (Å²) in [6, 6.07) is 16.9. The molecular weight excluding hydrogens is 362 g/mol. The van der Waals surface area contributed by atoms with E-state index in [1.54, 1.807) is 19.2 Å². The summed E-state index contributed by atoms with van der Waals surface area (Å²) in [7, 11) is -2.06. The molecule has 0 amide bonds. The lowest BCUT2D eigenvalue weighted by atomic mass is 9.69. The summed E-state index contributed by atoms with van der Waals surface area (Å²) in [6.07, 6.45) is 3.20. The van der Waals surface area contributed by atoms with Crippen molar-refractivity contribution in [3.8, 4) is 11.8 Å². The van der Waals surface area contributed by atoms with E-state index in [1.165, 1.54) is 12.1 Å². The van der Waals surface area contributed by atoms with Crippen LogP contribution in [-0.2, 0) is 15.4 Å². The molecule has 3 N–H and O–H groups in total. The molecule has 1 aliphatic carbocycles. The fourth-order valence-corrected chi connectivity index (χ4v) is 4.13. The Balaban J connectivity index is 1.68. The van der Waals surface area contributed by atoms with Gasteiger partial charge in [-0.25, -0.2) is 13.6 Å². The van der Waals surface area contributed by atoms with Crippen LogP contribution in [0.25, 0.3) is 0 Å². The topological polar surface area (TPSA) is 105 Å². The van der Waals surface area contributed by atoms with Gasteiger partial charge in [-0.05, 0) is 67.6 Å². The minimum Gasteiger partial charge on any atom is -0.497 e. The molecule has 142 valence electrons. The number of benzene rings is 2. The fourth-order valence-electron chi connectivity index (χ4n) is 3.62. The number of nitriles is 1. The summed E-state index contributed by atoms with van der Waals surface area (Å²) in [5, 5.41) is 18.4. The van der Waals surface area contributed by atoms with E-state index in [9.17, 15) is 13.7 Å². The third-order valence-electron chi connectivity index (χ3n) is 5.23. The fraction of sp³-hybridized carbons (Fsp3) is 0.350. The second-order valence-electron chi connectivity index (χ2n) is 6.91. The van der Waals surface area contributed by atoms with Crippen molar-refractivity contribution in [1.82, 2.24) is 0 Å². The molecular formula is C20H23N3O3S. The molecule has 0 unspecified atom stereocenters. The highest BCUT2D eigenvalue weighted by Gasteiger charge is 2.37. The van der Waals surface area contributed by atoms with Gasteiger partial charge in [0.25, 0.3) is 0 Å². The smallest absolute Gasteiger partial charge is 0.238 e. The Labute approximate surface area is 160 Å². The van der Waals surface area contributed by atoms with E-state index >= 15 is 0 Å². The van der Waals surface area contributed by atoms with Crippen LogP contribution in [0.1, 0.15) is 31.2 Å². The molecule has 3 rings (SSSR count). The van der Waals surface area contributed by atoms with Crippen molar-refractivity contribution in [3.05, 3.63) is 54.1 Å². The molecule has 7 heteroatoms. The van der Waals surface area contributed by atoms with Crippen LogP contribution in [0, 0.1) is 11.3 Å². The van der Waals surface area contributed by atoms with E-state index in [0.717, 1.165) is 42.7 Å². The van der Waals surface area contributed by atoms with Crippen LogP contribution >= 0.6 is 0 Å². The highest BCUT2D eigenvalue weighted by Crippen LogP contribution is 2.40. The van der Waals surface area contributed by atoms with Crippen molar-refractivity contribution in [3.63, 3.8) is 0 Å². The molecule has 1 aliphatic rings. The second-order valence-corrected chi connectivity index (χ2v) is 8.48. The van der Waals surface area contributed by atoms with E-state index in [2.05, 4.69) is 11.4 Å². The van der Waals surface area contributed by atoms with Gasteiger partial charge in [0.15, 0.2) is 0 Å². The van der Waals surface area contributed by atoms with Crippen molar-refractivity contribution in [1.29, 1.82) is 5.26 Å². The van der Waals surface area contributed by atoms with Crippen LogP contribution in [0.4, 0.5) is 5.69 Å². The van der Waals surface area contributed by atoms with Crippen molar-refractivity contribution in [2.45, 2.75) is 42.0 Å². The zero-order valence-corrected chi connectivity index (χ0v) is 16.0. The number of hydrogen-bond acceptors (Lipinski definition) is 5. The van der Waals surface area contributed by atoms with E-state index in [0.29, 0.717) is 0 Å². The first-order chi connectivity index (χ1) is 12.9. The number of ether oxygens (including phenoxy) is 1. The number of rotatable bonds is 5. The predicted octanol–water partition coefficient (Wildman–Crippen LogP) is 3.16. The van der Waals surface area contributed by atoms with Gasteiger partial charge in [0, 0.05) is 11.7 Å². The molecule has 0 bridgehead atoms. The van der Waals surface area contributed by atoms with E-state index in [-0.39, 0.29) is 10.9 Å². The molecule has 0 atom stereocenters. The molecule has 2 aromatic carbocycles. The van der Waals surface area contributed by atoms with Crippen LogP contribution in [0.5, 0.6) is 5.75 Å². The molecule has 0 heterocycles. The van der Waals surface area contributed by atoms with Crippen molar-refractivity contribution in [2.24, 2.45) is 5.14 Å². The summed E-state index contributed by atoms with van der Waals surface area (Å²) in [5.41, 5.74) is 1.35. The van der Waals surface area contributed by atoms with Gasteiger partial charge in [0.2, 0.25) is 10.0 Å². The van der Waals surface area contributed by atoms with Gasteiger partial charge in [-0.3, -0.25) is 0 Å².